The third kappa shape index (κ3) is 4.91. The first-order valence-corrected chi connectivity index (χ1v) is 11.3. The Bertz CT molecular complexity index is 1300. The van der Waals surface area contributed by atoms with Gasteiger partial charge in [-0.05, 0) is 52.9 Å². The van der Waals surface area contributed by atoms with E-state index in [1.54, 1.807) is 30.3 Å². The van der Waals surface area contributed by atoms with Gasteiger partial charge in [-0.1, -0.05) is 44.2 Å². The Morgan fingerprint density at radius 3 is 2.19 bits per heavy atom. The van der Waals surface area contributed by atoms with Gasteiger partial charge in [0.2, 0.25) is 0 Å². The van der Waals surface area contributed by atoms with Gasteiger partial charge >= 0.3 is 12.0 Å². The van der Waals surface area contributed by atoms with E-state index in [1.165, 1.54) is 18.1 Å². The van der Waals surface area contributed by atoms with E-state index >= 15 is 0 Å². The van der Waals surface area contributed by atoms with Crippen molar-refractivity contribution in [2.75, 3.05) is 17.7 Å². The molecule has 4 rings (SSSR count). The van der Waals surface area contributed by atoms with E-state index in [0.717, 1.165) is 28.8 Å². The van der Waals surface area contributed by atoms with Crippen LogP contribution in [-0.4, -0.2) is 36.0 Å². The molecule has 0 saturated heterocycles. The van der Waals surface area contributed by atoms with Crippen molar-refractivity contribution >= 4 is 29.3 Å². The van der Waals surface area contributed by atoms with E-state index in [1.807, 2.05) is 26.0 Å². The first-order chi connectivity index (χ1) is 17.2. The molecule has 0 saturated carbocycles. The largest absolute Gasteiger partial charge is 0.467 e. The molecule has 1 atom stereocenters. The maximum atomic E-state index is 13.7. The van der Waals surface area contributed by atoms with Crippen molar-refractivity contribution in [3.05, 3.63) is 83.4 Å². The van der Waals surface area contributed by atoms with Gasteiger partial charge in [0.25, 0.3) is 5.91 Å². The minimum Gasteiger partial charge on any atom is -0.467 e. The monoisotopic (exact) mass is 493 g/mol. The van der Waals surface area contributed by atoms with Crippen LogP contribution < -0.4 is 10.6 Å². The average molecular weight is 494 g/mol. The van der Waals surface area contributed by atoms with Crippen molar-refractivity contribution in [1.82, 2.24) is 4.90 Å². The van der Waals surface area contributed by atoms with Crippen molar-refractivity contribution in [2.45, 2.75) is 26.4 Å². The maximum absolute atomic E-state index is 13.7. The SMILES string of the molecule is COC(=O)[C@H](C(C)C)N1Cc2ccc(-c3ccc(NC(=O)Nc4c(F)cccc4F)cc3)cc2C1=O. The number of urea groups is 1. The van der Waals surface area contributed by atoms with Crippen LogP contribution >= 0.6 is 0 Å². The quantitative estimate of drug-likeness (QED) is 0.449. The number of methoxy groups -OCH3 is 1. The summed E-state index contributed by atoms with van der Waals surface area (Å²) in [7, 11) is 1.31. The van der Waals surface area contributed by atoms with Gasteiger partial charge in [0.05, 0.1) is 7.11 Å². The summed E-state index contributed by atoms with van der Waals surface area (Å²) in [5.41, 5.74) is 2.81. The molecule has 0 radical (unpaired) electrons. The second kappa shape index (κ2) is 10.2. The molecule has 3 amide bonds. The minimum absolute atomic E-state index is 0.109. The topological polar surface area (TPSA) is 87.7 Å². The molecule has 3 aromatic carbocycles. The molecule has 36 heavy (non-hydrogen) atoms. The number of rotatable bonds is 6. The maximum Gasteiger partial charge on any atom is 0.328 e. The number of ether oxygens (including phenoxy) is 1. The highest BCUT2D eigenvalue weighted by atomic mass is 19.1. The fraction of sp³-hybridized carbons (Fsp3) is 0.222. The lowest BCUT2D eigenvalue weighted by Gasteiger charge is -2.28. The second-order valence-electron chi connectivity index (χ2n) is 8.77. The van der Waals surface area contributed by atoms with Crippen LogP contribution in [0, 0.1) is 17.6 Å². The summed E-state index contributed by atoms with van der Waals surface area (Å²) in [6.07, 6.45) is 0. The molecule has 0 aliphatic carbocycles. The van der Waals surface area contributed by atoms with Gasteiger partial charge in [-0.3, -0.25) is 4.79 Å². The Kier molecular flexibility index (Phi) is 7.00. The normalized spacial score (nSPS) is 13.4. The average Bonchev–Trinajstić information content (AvgIpc) is 3.17. The summed E-state index contributed by atoms with van der Waals surface area (Å²) in [5, 5.41) is 4.69. The molecule has 1 aliphatic heterocycles. The van der Waals surface area contributed by atoms with Crippen molar-refractivity contribution in [3.8, 4) is 11.1 Å². The molecule has 0 spiro atoms. The Morgan fingerprint density at radius 1 is 0.944 bits per heavy atom. The summed E-state index contributed by atoms with van der Waals surface area (Å²) in [6.45, 7) is 4.06. The number of nitrogens with one attached hydrogen (secondary N) is 2. The summed E-state index contributed by atoms with van der Waals surface area (Å²) in [4.78, 5) is 39.1. The van der Waals surface area contributed by atoms with E-state index < -0.39 is 35.4 Å². The number of fused-ring (bicyclic) bond motifs is 1. The number of para-hydroxylation sites is 1. The number of hydrogen-bond donors (Lipinski definition) is 2. The number of anilines is 2. The van der Waals surface area contributed by atoms with Crippen LogP contribution in [0.2, 0.25) is 0 Å². The molecule has 0 bridgehead atoms. The van der Waals surface area contributed by atoms with Crippen molar-refractivity contribution in [2.24, 2.45) is 5.92 Å². The number of benzene rings is 3. The van der Waals surface area contributed by atoms with Crippen molar-refractivity contribution in [3.63, 3.8) is 0 Å². The predicted octanol–water partition coefficient (Wildman–Crippen LogP) is 5.43. The molecule has 3 aromatic rings. The lowest BCUT2D eigenvalue weighted by molar-refractivity contribution is -0.147. The van der Waals surface area contributed by atoms with Gasteiger partial charge < -0.3 is 20.3 Å². The molecule has 0 fully saturated rings. The molecule has 9 heteroatoms. The Morgan fingerprint density at radius 2 is 1.58 bits per heavy atom. The van der Waals surface area contributed by atoms with E-state index in [9.17, 15) is 23.2 Å². The van der Waals surface area contributed by atoms with Gasteiger partial charge in [-0.2, -0.15) is 0 Å². The second-order valence-corrected chi connectivity index (χ2v) is 8.77. The third-order valence-electron chi connectivity index (χ3n) is 6.03. The first kappa shape index (κ1) is 24.8. The fourth-order valence-corrected chi connectivity index (χ4v) is 4.25. The van der Waals surface area contributed by atoms with Gasteiger partial charge in [0.15, 0.2) is 0 Å². The highest BCUT2D eigenvalue weighted by Crippen LogP contribution is 2.32. The molecular weight excluding hydrogens is 468 g/mol. The number of halogens is 2. The number of carbonyl (C=O) groups excluding carboxylic acids is 3. The molecule has 0 unspecified atom stereocenters. The number of amides is 3. The van der Waals surface area contributed by atoms with Crippen LogP contribution in [0.15, 0.2) is 60.7 Å². The lowest BCUT2D eigenvalue weighted by atomic mass is 10.00. The Balaban J connectivity index is 1.48. The van der Waals surface area contributed by atoms with Crippen LogP contribution in [0.4, 0.5) is 25.0 Å². The molecule has 7 nitrogen and oxygen atoms in total. The lowest BCUT2D eigenvalue weighted by Crippen LogP contribution is -2.45. The standard InChI is InChI=1S/C27H25F2N3O4/c1-15(2)24(26(34)36-3)32-14-18-8-7-17(13-20(18)25(32)33)16-9-11-19(12-10-16)30-27(35)31-23-21(28)5-4-6-22(23)29/h4-13,15,24H,14H2,1-3H3,(H2,30,31,35)/t24-/m0/s1. The number of carbonyl (C=O) groups is 3. The highest BCUT2D eigenvalue weighted by Gasteiger charge is 2.38. The van der Waals surface area contributed by atoms with Gasteiger partial charge in [-0.15, -0.1) is 0 Å². The summed E-state index contributed by atoms with van der Waals surface area (Å²) in [5.74, 6) is -2.54. The van der Waals surface area contributed by atoms with Crippen LogP contribution in [0.5, 0.6) is 0 Å². The zero-order valence-corrected chi connectivity index (χ0v) is 20.0. The van der Waals surface area contributed by atoms with Crippen molar-refractivity contribution < 1.29 is 27.9 Å². The summed E-state index contributed by atoms with van der Waals surface area (Å²) in [6, 6.07) is 14.1. The summed E-state index contributed by atoms with van der Waals surface area (Å²) < 4.78 is 32.4. The minimum atomic E-state index is -0.878. The van der Waals surface area contributed by atoms with E-state index in [2.05, 4.69) is 10.6 Å². The van der Waals surface area contributed by atoms with E-state index in [0.29, 0.717) is 17.8 Å². The molecule has 1 aliphatic rings. The molecule has 0 aromatic heterocycles. The zero-order chi connectivity index (χ0) is 26.0. The molecule has 2 N–H and O–H groups in total. The van der Waals surface area contributed by atoms with E-state index in [4.69, 9.17) is 4.74 Å². The van der Waals surface area contributed by atoms with Crippen LogP contribution in [0.3, 0.4) is 0 Å². The number of esters is 1. The fourth-order valence-electron chi connectivity index (χ4n) is 4.25. The van der Waals surface area contributed by atoms with Crippen molar-refractivity contribution in [1.29, 1.82) is 0 Å². The van der Waals surface area contributed by atoms with E-state index in [-0.39, 0.29) is 11.8 Å². The van der Waals surface area contributed by atoms with Crippen LogP contribution in [-0.2, 0) is 16.1 Å². The predicted molar refractivity (Wildman–Crippen MR) is 131 cm³/mol. The molecule has 186 valence electrons. The highest BCUT2D eigenvalue weighted by molar-refractivity contribution is 6.02. The third-order valence-corrected chi connectivity index (χ3v) is 6.03. The van der Waals surface area contributed by atoms with Crippen LogP contribution in [0.1, 0.15) is 29.8 Å². The van der Waals surface area contributed by atoms with Gasteiger partial charge in [0, 0.05) is 17.8 Å². The first-order valence-electron chi connectivity index (χ1n) is 11.3. The Hall–Kier alpha value is -4.27. The zero-order valence-electron chi connectivity index (χ0n) is 20.0. The number of hydrogen-bond acceptors (Lipinski definition) is 4. The smallest absolute Gasteiger partial charge is 0.328 e. The Labute approximate surface area is 207 Å². The van der Waals surface area contributed by atoms with Gasteiger partial charge in [0.1, 0.15) is 23.4 Å². The molecular formula is C27H25F2N3O4. The molecule has 1 heterocycles. The summed E-state index contributed by atoms with van der Waals surface area (Å²) >= 11 is 0. The van der Waals surface area contributed by atoms with Gasteiger partial charge in [-0.25, -0.2) is 18.4 Å². The van der Waals surface area contributed by atoms with Crippen LogP contribution in [0.25, 0.3) is 11.1 Å². The number of nitrogens with zero attached hydrogens (tertiary/aromatic N) is 1.